The molecule has 0 saturated heterocycles. The molecule has 1 aliphatic carbocycles. The third-order valence-electron chi connectivity index (χ3n) is 8.14. The molecule has 1 aliphatic rings. The lowest BCUT2D eigenvalue weighted by atomic mass is 9.77. The number of benzene rings is 2. The van der Waals surface area contributed by atoms with Crippen molar-refractivity contribution in [3.8, 4) is 0 Å². The Hall–Kier alpha value is -1.67. The predicted molar refractivity (Wildman–Crippen MR) is 150 cm³/mol. The summed E-state index contributed by atoms with van der Waals surface area (Å²) >= 11 is 0. The average Bonchev–Trinajstić information content (AvgIpc) is 2.86. The first kappa shape index (κ1) is 27.9. The van der Waals surface area contributed by atoms with Gasteiger partial charge in [0.25, 0.3) is 0 Å². The summed E-state index contributed by atoms with van der Waals surface area (Å²) in [4.78, 5) is 0. The second-order valence-corrected chi connectivity index (χ2v) is 11.4. The SMILES string of the molecule is C=C(C)CC(CCCCC1CCC(CCc2ccc3cc(CCCCF)ccc3c2)CC1)COC. The third-order valence-corrected chi connectivity index (χ3v) is 8.14. The molecule has 2 heteroatoms. The molecule has 0 heterocycles. The maximum absolute atomic E-state index is 12.4. The van der Waals surface area contributed by atoms with E-state index in [1.54, 1.807) is 0 Å². The van der Waals surface area contributed by atoms with Gasteiger partial charge in [-0.25, -0.2) is 0 Å². The van der Waals surface area contributed by atoms with Crippen LogP contribution in [0.1, 0.15) is 95.1 Å². The van der Waals surface area contributed by atoms with Crippen molar-refractivity contribution in [2.75, 3.05) is 20.4 Å². The fourth-order valence-electron chi connectivity index (χ4n) is 6.10. The Morgan fingerprint density at radius 2 is 1.51 bits per heavy atom. The summed E-state index contributed by atoms with van der Waals surface area (Å²) in [6.07, 6.45) is 17.3. The van der Waals surface area contributed by atoms with Gasteiger partial charge in [-0.05, 0) is 91.5 Å². The summed E-state index contributed by atoms with van der Waals surface area (Å²) in [5, 5.41) is 2.66. The number of hydrogen-bond donors (Lipinski definition) is 0. The highest BCUT2D eigenvalue weighted by atomic mass is 19.1. The number of rotatable bonds is 16. The Morgan fingerprint density at radius 3 is 2.11 bits per heavy atom. The fourth-order valence-corrected chi connectivity index (χ4v) is 6.10. The van der Waals surface area contributed by atoms with E-state index in [1.165, 1.54) is 91.7 Å². The number of ether oxygens (including phenoxy) is 1. The van der Waals surface area contributed by atoms with Crippen molar-refractivity contribution < 1.29 is 9.13 Å². The molecule has 0 amide bonds. The predicted octanol–water partition coefficient (Wildman–Crippen LogP) is 9.66. The lowest BCUT2D eigenvalue weighted by Gasteiger charge is -2.28. The van der Waals surface area contributed by atoms with Crippen LogP contribution in [0.25, 0.3) is 10.8 Å². The van der Waals surface area contributed by atoms with Crippen LogP contribution in [0.5, 0.6) is 0 Å². The Labute approximate surface area is 214 Å². The lowest BCUT2D eigenvalue weighted by molar-refractivity contribution is 0.145. The van der Waals surface area contributed by atoms with Gasteiger partial charge in [0.2, 0.25) is 0 Å². The number of hydrogen-bond acceptors (Lipinski definition) is 1. The zero-order valence-corrected chi connectivity index (χ0v) is 22.5. The quantitative estimate of drug-likeness (QED) is 0.172. The van der Waals surface area contributed by atoms with Crippen molar-refractivity contribution in [2.24, 2.45) is 17.8 Å². The van der Waals surface area contributed by atoms with Gasteiger partial charge in [-0.1, -0.05) is 86.9 Å². The Kier molecular flexibility index (Phi) is 12.3. The van der Waals surface area contributed by atoms with Gasteiger partial charge in [-0.2, -0.15) is 0 Å². The second-order valence-electron chi connectivity index (χ2n) is 11.4. The summed E-state index contributed by atoms with van der Waals surface area (Å²) in [6, 6.07) is 13.8. The van der Waals surface area contributed by atoms with Crippen molar-refractivity contribution >= 4 is 10.8 Å². The molecule has 2 aromatic carbocycles. The molecule has 35 heavy (non-hydrogen) atoms. The molecule has 2 aromatic rings. The molecular weight excluding hydrogens is 431 g/mol. The largest absolute Gasteiger partial charge is 0.384 e. The maximum Gasteiger partial charge on any atom is 0.0894 e. The van der Waals surface area contributed by atoms with Crippen LogP contribution in [-0.2, 0) is 17.6 Å². The number of allylic oxidation sites excluding steroid dienone is 1. The van der Waals surface area contributed by atoms with Crippen molar-refractivity contribution in [2.45, 2.75) is 96.8 Å². The number of fused-ring (bicyclic) bond motifs is 1. The molecule has 3 rings (SSSR count). The summed E-state index contributed by atoms with van der Waals surface area (Å²) in [6.45, 7) is 6.89. The summed E-state index contributed by atoms with van der Waals surface area (Å²) < 4.78 is 17.8. The van der Waals surface area contributed by atoms with Gasteiger partial charge in [0.05, 0.1) is 6.67 Å². The van der Waals surface area contributed by atoms with Gasteiger partial charge < -0.3 is 4.74 Å². The van der Waals surface area contributed by atoms with Crippen LogP contribution < -0.4 is 0 Å². The van der Waals surface area contributed by atoms with Crippen LogP contribution in [0.2, 0.25) is 0 Å². The Bertz CT molecular complexity index is 880. The number of methoxy groups -OCH3 is 1. The van der Waals surface area contributed by atoms with E-state index in [0.29, 0.717) is 12.3 Å². The van der Waals surface area contributed by atoms with Gasteiger partial charge in [0.15, 0.2) is 0 Å². The van der Waals surface area contributed by atoms with Crippen LogP contribution in [0, 0.1) is 17.8 Å². The molecule has 0 aromatic heterocycles. The van der Waals surface area contributed by atoms with E-state index < -0.39 is 0 Å². The first-order valence-corrected chi connectivity index (χ1v) is 14.3. The monoisotopic (exact) mass is 480 g/mol. The van der Waals surface area contributed by atoms with E-state index >= 15 is 0 Å². The highest BCUT2D eigenvalue weighted by molar-refractivity contribution is 5.83. The first-order valence-electron chi connectivity index (χ1n) is 14.3. The molecule has 1 nitrogen and oxygen atoms in total. The number of halogens is 1. The van der Waals surface area contributed by atoms with E-state index in [1.807, 2.05) is 7.11 Å². The minimum absolute atomic E-state index is 0.204. The molecule has 0 radical (unpaired) electrons. The van der Waals surface area contributed by atoms with Crippen molar-refractivity contribution in [1.82, 2.24) is 0 Å². The van der Waals surface area contributed by atoms with E-state index in [2.05, 4.69) is 49.9 Å². The van der Waals surface area contributed by atoms with Crippen LogP contribution in [0.4, 0.5) is 4.39 Å². The van der Waals surface area contributed by atoms with Gasteiger partial charge in [-0.3, -0.25) is 4.39 Å². The zero-order valence-electron chi connectivity index (χ0n) is 22.5. The molecule has 0 aliphatic heterocycles. The van der Waals surface area contributed by atoms with Crippen LogP contribution in [0.15, 0.2) is 48.6 Å². The van der Waals surface area contributed by atoms with Gasteiger partial charge in [0.1, 0.15) is 0 Å². The molecule has 0 N–H and O–H groups in total. The van der Waals surface area contributed by atoms with E-state index in [-0.39, 0.29) is 6.67 Å². The molecule has 1 fully saturated rings. The molecule has 1 saturated carbocycles. The minimum Gasteiger partial charge on any atom is -0.384 e. The van der Waals surface area contributed by atoms with Gasteiger partial charge in [-0.15, -0.1) is 6.58 Å². The standard InChI is InChI=1S/C33H49FO/c1-26(2)22-31(25-35-3)10-5-4-8-27-11-13-28(14-12-27)15-16-30-18-20-32-23-29(9-6-7-21-34)17-19-33(32)24-30/h17-20,23-24,27-28,31H,1,4-16,21-22,25H2,2-3H3. The summed E-state index contributed by atoms with van der Waals surface area (Å²) in [5.41, 5.74) is 4.09. The number of unbranched alkanes of at least 4 members (excludes halogenated alkanes) is 2. The molecule has 1 atom stereocenters. The van der Waals surface area contributed by atoms with Crippen LogP contribution >= 0.6 is 0 Å². The molecule has 0 spiro atoms. The molecule has 0 bridgehead atoms. The average molecular weight is 481 g/mol. The van der Waals surface area contributed by atoms with Gasteiger partial charge in [0, 0.05) is 13.7 Å². The second kappa shape index (κ2) is 15.4. The van der Waals surface area contributed by atoms with E-state index in [0.717, 1.165) is 37.7 Å². The summed E-state index contributed by atoms with van der Waals surface area (Å²) in [5.74, 6) is 2.51. The van der Waals surface area contributed by atoms with Crippen molar-refractivity contribution in [3.05, 3.63) is 59.7 Å². The smallest absolute Gasteiger partial charge is 0.0894 e. The normalized spacial score (nSPS) is 19.2. The maximum atomic E-state index is 12.4. The molecule has 1 unspecified atom stereocenters. The van der Waals surface area contributed by atoms with Crippen molar-refractivity contribution in [1.29, 1.82) is 0 Å². The van der Waals surface area contributed by atoms with E-state index in [4.69, 9.17) is 4.74 Å². The molecule has 194 valence electrons. The summed E-state index contributed by atoms with van der Waals surface area (Å²) in [7, 11) is 1.82. The lowest BCUT2D eigenvalue weighted by Crippen LogP contribution is -2.15. The zero-order chi connectivity index (χ0) is 24.9. The number of aryl methyl sites for hydroxylation is 2. The van der Waals surface area contributed by atoms with Gasteiger partial charge >= 0.3 is 0 Å². The van der Waals surface area contributed by atoms with Crippen LogP contribution in [-0.4, -0.2) is 20.4 Å². The highest BCUT2D eigenvalue weighted by Gasteiger charge is 2.21. The number of alkyl halides is 1. The Balaban J connectivity index is 1.34. The van der Waals surface area contributed by atoms with Crippen LogP contribution in [0.3, 0.4) is 0 Å². The highest BCUT2D eigenvalue weighted by Crippen LogP contribution is 2.35. The van der Waals surface area contributed by atoms with E-state index in [9.17, 15) is 4.39 Å². The minimum atomic E-state index is -0.204. The van der Waals surface area contributed by atoms with Crippen molar-refractivity contribution in [3.63, 3.8) is 0 Å². The third kappa shape index (κ3) is 10.1. The fraction of sp³-hybridized carbons (Fsp3) is 0.636. The topological polar surface area (TPSA) is 9.23 Å². The Morgan fingerprint density at radius 1 is 0.886 bits per heavy atom. The first-order chi connectivity index (χ1) is 17.1. The molecular formula is C33H49FO.